The molecule has 3 aliphatic rings. The van der Waals surface area contributed by atoms with Crippen LogP contribution < -0.4 is 9.62 Å². The molecule has 226 valence electrons. The average Bonchev–Trinajstić information content (AvgIpc) is 3.35. The van der Waals surface area contributed by atoms with Crippen molar-refractivity contribution in [3.63, 3.8) is 0 Å². The summed E-state index contributed by atoms with van der Waals surface area (Å²) in [4.78, 5) is 22.7. The van der Waals surface area contributed by atoms with Crippen LogP contribution in [0.25, 0.3) is 16.7 Å². The summed E-state index contributed by atoms with van der Waals surface area (Å²) in [6.07, 6.45) is 5.25. The standard InChI is InChI=1S/C30H40N6O5S/c1-40-21-22-10-12-35(13-11-22)26-20-25(30(37)33-42(38,39)19-16-34-14-17-41-18-15-34)31-29-27(26)28(23-6-5-7-23)32-36(29)24-8-3-2-4-9-24/h2-4,8-9,20,22-23H,5-7,10-19,21H2,1H3,(H,33,37). The number of amides is 1. The third-order valence-electron chi connectivity index (χ3n) is 8.76. The van der Waals surface area contributed by atoms with E-state index < -0.39 is 15.9 Å². The molecule has 6 rings (SSSR count). The fourth-order valence-electron chi connectivity index (χ4n) is 6.10. The number of aromatic nitrogens is 3. The van der Waals surface area contributed by atoms with Crippen molar-refractivity contribution in [3.8, 4) is 5.69 Å². The van der Waals surface area contributed by atoms with Crippen molar-refractivity contribution >= 4 is 32.7 Å². The van der Waals surface area contributed by atoms with Crippen LogP contribution in [0.3, 0.4) is 0 Å². The minimum absolute atomic E-state index is 0.0729. The number of nitrogens with zero attached hydrogens (tertiary/aromatic N) is 5. The number of pyridine rings is 1. The Balaban J connectivity index is 1.37. The van der Waals surface area contributed by atoms with Gasteiger partial charge >= 0.3 is 0 Å². The van der Waals surface area contributed by atoms with Crippen LogP contribution in [0.15, 0.2) is 36.4 Å². The highest BCUT2D eigenvalue weighted by molar-refractivity contribution is 7.90. The number of piperidine rings is 1. The number of ether oxygens (including phenoxy) is 2. The lowest BCUT2D eigenvalue weighted by Crippen LogP contribution is -2.42. The zero-order valence-corrected chi connectivity index (χ0v) is 25.0. The van der Waals surface area contributed by atoms with Gasteiger partial charge in [-0.2, -0.15) is 5.10 Å². The quantitative estimate of drug-likeness (QED) is 0.377. The van der Waals surface area contributed by atoms with Gasteiger partial charge in [-0.15, -0.1) is 0 Å². The SMILES string of the molecule is COCC1CCN(c2cc(C(=O)NS(=O)(=O)CCN3CCOCC3)nc3c2c(C2CCC2)nn3-c2ccccc2)CC1. The zero-order valence-electron chi connectivity index (χ0n) is 24.2. The van der Waals surface area contributed by atoms with Gasteiger partial charge in [-0.25, -0.2) is 22.8 Å². The van der Waals surface area contributed by atoms with Gasteiger partial charge in [0, 0.05) is 52.4 Å². The van der Waals surface area contributed by atoms with E-state index in [1.807, 2.05) is 39.9 Å². The lowest BCUT2D eigenvalue weighted by Gasteiger charge is -2.34. The van der Waals surface area contributed by atoms with Gasteiger partial charge in [0.15, 0.2) is 5.65 Å². The van der Waals surface area contributed by atoms with E-state index in [9.17, 15) is 13.2 Å². The molecule has 1 aliphatic carbocycles. The number of morpholine rings is 1. The van der Waals surface area contributed by atoms with Crippen molar-refractivity contribution in [1.82, 2.24) is 24.4 Å². The fraction of sp³-hybridized carbons (Fsp3) is 0.567. The van der Waals surface area contributed by atoms with Crippen LogP contribution in [0.4, 0.5) is 5.69 Å². The van der Waals surface area contributed by atoms with Gasteiger partial charge < -0.3 is 14.4 Å². The highest BCUT2D eigenvalue weighted by Crippen LogP contribution is 2.43. The third kappa shape index (κ3) is 6.31. The number of sulfonamides is 1. The summed E-state index contributed by atoms with van der Waals surface area (Å²) in [5.74, 6) is -0.0694. The first-order valence-electron chi connectivity index (χ1n) is 15.0. The predicted molar refractivity (Wildman–Crippen MR) is 161 cm³/mol. The maximum atomic E-state index is 13.5. The molecule has 0 unspecified atom stereocenters. The summed E-state index contributed by atoms with van der Waals surface area (Å²) in [7, 11) is -2.13. The number of para-hydroxylation sites is 1. The number of fused-ring (bicyclic) bond motifs is 1. The van der Waals surface area contributed by atoms with E-state index >= 15 is 0 Å². The Morgan fingerprint density at radius 2 is 1.81 bits per heavy atom. The lowest BCUT2D eigenvalue weighted by atomic mass is 9.82. The molecule has 3 fully saturated rings. The number of hydrogen-bond acceptors (Lipinski definition) is 9. The summed E-state index contributed by atoms with van der Waals surface area (Å²) in [5.41, 5.74) is 3.41. The summed E-state index contributed by atoms with van der Waals surface area (Å²) >= 11 is 0. The summed E-state index contributed by atoms with van der Waals surface area (Å²) in [6, 6.07) is 11.6. The van der Waals surface area contributed by atoms with Crippen molar-refractivity contribution in [2.75, 3.05) is 70.3 Å². The Bertz CT molecular complexity index is 1490. The number of benzene rings is 1. The van der Waals surface area contributed by atoms with Crippen LogP contribution in [0.1, 0.15) is 54.2 Å². The van der Waals surface area contributed by atoms with Crippen molar-refractivity contribution < 1.29 is 22.7 Å². The minimum Gasteiger partial charge on any atom is -0.384 e. The Morgan fingerprint density at radius 1 is 1.07 bits per heavy atom. The Hall–Kier alpha value is -3.06. The number of carbonyl (C=O) groups excluding carboxylic acids is 1. The molecule has 0 bridgehead atoms. The molecule has 42 heavy (non-hydrogen) atoms. The van der Waals surface area contributed by atoms with Crippen LogP contribution in [0.2, 0.25) is 0 Å². The Labute approximate surface area is 247 Å². The van der Waals surface area contributed by atoms with Crippen molar-refractivity contribution in [2.24, 2.45) is 5.92 Å². The van der Waals surface area contributed by atoms with E-state index in [0.29, 0.717) is 50.3 Å². The zero-order chi connectivity index (χ0) is 29.1. The topological polar surface area (TPSA) is 119 Å². The lowest BCUT2D eigenvalue weighted by molar-refractivity contribution is 0.0407. The van der Waals surface area contributed by atoms with E-state index in [2.05, 4.69) is 9.62 Å². The van der Waals surface area contributed by atoms with Gasteiger partial charge in [-0.1, -0.05) is 24.6 Å². The molecule has 12 heteroatoms. The smallest absolute Gasteiger partial charge is 0.283 e. The normalized spacial score (nSPS) is 19.2. The maximum absolute atomic E-state index is 13.5. The Kier molecular flexibility index (Phi) is 8.75. The van der Waals surface area contributed by atoms with E-state index in [1.54, 1.807) is 13.2 Å². The van der Waals surface area contributed by atoms with Crippen LogP contribution in [0, 0.1) is 5.92 Å². The van der Waals surface area contributed by atoms with Crippen LogP contribution in [-0.4, -0.2) is 99.4 Å². The molecule has 1 saturated carbocycles. The van der Waals surface area contributed by atoms with Crippen LogP contribution in [-0.2, 0) is 19.5 Å². The average molecular weight is 597 g/mol. The Morgan fingerprint density at radius 3 is 2.48 bits per heavy atom. The minimum atomic E-state index is -3.87. The van der Waals surface area contributed by atoms with Gasteiger partial charge in [0.05, 0.1) is 41.4 Å². The number of hydrogen-bond donors (Lipinski definition) is 1. The van der Waals surface area contributed by atoms with E-state index in [4.69, 9.17) is 19.6 Å². The first-order valence-corrected chi connectivity index (χ1v) is 16.6. The molecule has 1 N–H and O–H groups in total. The number of anilines is 1. The first-order chi connectivity index (χ1) is 20.4. The molecule has 11 nitrogen and oxygen atoms in total. The second-order valence-electron chi connectivity index (χ2n) is 11.6. The molecule has 4 heterocycles. The molecular weight excluding hydrogens is 556 g/mol. The van der Waals surface area contributed by atoms with E-state index in [-0.39, 0.29) is 11.4 Å². The van der Waals surface area contributed by atoms with Gasteiger partial charge in [0.1, 0.15) is 5.69 Å². The highest BCUT2D eigenvalue weighted by atomic mass is 32.2. The molecule has 2 saturated heterocycles. The highest BCUT2D eigenvalue weighted by Gasteiger charge is 2.32. The maximum Gasteiger partial charge on any atom is 0.283 e. The second-order valence-corrected chi connectivity index (χ2v) is 13.4. The van der Waals surface area contributed by atoms with Gasteiger partial charge in [0.25, 0.3) is 5.91 Å². The van der Waals surface area contributed by atoms with Gasteiger partial charge in [-0.05, 0) is 49.8 Å². The molecule has 0 spiro atoms. The van der Waals surface area contributed by atoms with Crippen molar-refractivity contribution in [1.29, 1.82) is 0 Å². The molecular formula is C30H40N6O5S. The summed E-state index contributed by atoms with van der Waals surface area (Å²) < 4.78 is 40.8. The number of rotatable bonds is 10. The summed E-state index contributed by atoms with van der Waals surface area (Å²) in [5, 5.41) is 6.04. The fourth-order valence-corrected chi connectivity index (χ4v) is 7.09. The van der Waals surface area contributed by atoms with Crippen molar-refractivity contribution in [2.45, 2.75) is 38.0 Å². The van der Waals surface area contributed by atoms with E-state index in [1.165, 1.54) is 6.42 Å². The van der Waals surface area contributed by atoms with Crippen LogP contribution >= 0.6 is 0 Å². The second kappa shape index (κ2) is 12.7. The number of nitrogens with one attached hydrogen (secondary N) is 1. The monoisotopic (exact) mass is 596 g/mol. The van der Waals surface area contributed by atoms with Gasteiger partial charge in [0.2, 0.25) is 10.0 Å². The molecule has 3 aromatic rings. The molecule has 2 aromatic heterocycles. The van der Waals surface area contributed by atoms with Crippen molar-refractivity contribution in [3.05, 3.63) is 47.8 Å². The summed E-state index contributed by atoms with van der Waals surface area (Å²) in [6.45, 7) is 5.22. The third-order valence-corrected chi connectivity index (χ3v) is 9.97. The number of carbonyl (C=O) groups is 1. The molecule has 2 aliphatic heterocycles. The first kappa shape index (κ1) is 29.0. The largest absolute Gasteiger partial charge is 0.384 e. The molecule has 0 atom stereocenters. The molecule has 0 radical (unpaired) electrons. The van der Waals surface area contributed by atoms with Gasteiger partial charge in [-0.3, -0.25) is 9.69 Å². The molecule has 1 amide bonds. The van der Waals surface area contributed by atoms with E-state index in [0.717, 1.165) is 67.8 Å². The predicted octanol–water partition coefficient (Wildman–Crippen LogP) is 2.94. The molecule has 1 aromatic carbocycles. The number of methoxy groups -OCH3 is 1. The van der Waals surface area contributed by atoms with Crippen LogP contribution in [0.5, 0.6) is 0 Å².